The third kappa shape index (κ3) is 21.7. The zero-order chi connectivity index (χ0) is 28.9. The summed E-state index contributed by atoms with van der Waals surface area (Å²) < 4.78 is 0. The van der Waals surface area contributed by atoms with Crippen LogP contribution < -0.4 is 10.6 Å². The Morgan fingerprint density at radius 3 is 1.75 bits per heavy atom. The van der Waals surface area contributed by atoms with Gasteiger partial charge in [0.1, 0.15) is 6.04 Å². The van der Waals surface area contributed by atoms with Gasteiger partial charge in [0, 0.05) is 19.4 Å². The van der Waals surface area contributed by atoms with Gasteiger partial charge >= 0.3 is 0 Å². The van der Waals surface area contributed by atoms with Crippen molar-refractivity contribution in [2.75, 3.05) is 6.54 Å². The van der Waals surface area contributed by atoms with Gasteiger partial charge in [-0.25, -0.2) is 0 Å². The molecule has 228 valence electrons. The molecule has 0 aliphatic rings. The van der Waals surface area contributed by atoms with E-state index in [1.807, 2.05) is 36.4 Å². The molecule has 0 aliphatic carbocycles. The minimum Gasteiger partial charge on any atom is -0.354 e. The van der Waals surface area contributed by atoms with Crippen LogP contribution in [0.2, 0.25) is 0 Å². The smallest absolute Gasteiger partial charge is 0.242 e. The van der Waals surface area contributed by atoms with Gasteiger partial charge in [-0.1, -0.05) is 152 Å². The summed E-state index contributed by atoms with van der Waals surface area (Å²) in [5.41, 5.74) is 1.07. The Bertz CT molecular complexity index is 734. The van der Waals surface area contributed by atoms with Crippen LogP contribution in [0.5, 0.6) is 0 Å². The number of allylic oxidation sites excluding steroid dienone is 1. The average molecular weight is 555 g/mol. The summed E-state index contributed by atoms with van der Waals surface area (Å²) in [6.45, 7) is 6.73. The maximum atomic E-state index is 13.0. The second-order valence-corrected chi connectivity index (χ2v) is 11.6. The lowest BCUT2D eigenvalue weighted by Crippen LogP contribution is -2.48. The number of rotatable bonds is 28. The van der Waals surface area contributed by atoms with Crippen LogP contribution in [0.15, 0.2) is 43.0 Å². The molecule has 4 heteroatoms. The Hall–Kier alpha value is -2.10. The van der Waals surface area contributed by atoms with E-state index in [-0.39, 0.29) is 11.8 Å². The lowest BCUT2D eigenvalue weighted by Gasteiger charge is -2.19. The standard InChI is InChI=1S/C36H62N2O2/c1-3-5-7-9-11-13-14-15-16-17-18-20-22-27-31-37-36(40)34(32-33-28-24-23-25-29-33)38-35(39)30-26-21-19-12-10-8-6-4-2/h4,23-25,28-29,34H,2-3,5-22,26-27,30-32H2,1H3,(H,37,40)(H,38,39)/t34-/m0/s1. The number of carbonyl (C=O) groups excluding carboxylic acids is 2. The molecular weight excluding hydrogens is 492 g/mol. The number of nitrogens with one attached hydrogen (secondary N) is 2. The number of hydrogen-bond acceptors (Lipinski definition) is 2. The van der Waals surface area contributed by atoms with E-state index < -0.39 is 6.04 Å². The fourth-order valence-corrected chi connectivity index (χ4v) is 5.26. The number of hydrogen-bond donors (Lipinski definition) is 2. The molecule has 0 bridgehead atoms. The van der Waals surface area contributed by atoms with Crippen molar-refractivity contribution in [3.8, 4) is 0 Å². The van der Waals surface area contributed by atoms with Crippen molar-refractivity contribution < 1.29 is 9.59 Å². The molecule has 1 atom stereocenters. The van der Waals surface area contributed by atoms with Crippen LogP contribution in [0.4, 0.5) is 0 Å². The Morgan fingerprint density at radius 1 is 0.700 bits per heavy atom. The molecule has 0 saturated carbocycles. The van der Waals surface area contributed by atoms with Crippen LogP contribution in [-0.4, -0.2) is 24.4 Å². The monoisotopic (exact) mass is 554 g/mol. The van der Waals surface area contributed by atoms with Gasteiger partial charge in [0.2, 0.25) is 11.8 Å². The highest BCUT2D eigenvalue weighted by Gasteiger charge is 2.20. The minimum atomic E-state index is -0.513. The number of benzene rings is 1. The zero-order valence-electron chi connectivity index (χ0n) is 26.0. The van der Waals surface area contributed by atoms with Crippen LogP contribution in [0.3, 0.4) is 0 Å². The highest BCUT2D eigenvalue weighted by Crippen LogP contribution is 2.13. The largest absolute Gasteiger partial charge is 0.354 e. The second kappa shape index (κ2) is 27.1. The van der Waals surface area contributed by atoms with Crippen molar-refractivity contribution in [2.24, 2.45) is 0 Å². The van der Waals surface area contributed by atoms with Gasteiger partial charge in [-0.15, -0.1) is 6.58 Å². The Balaban J connectivity index is 2.18. The van der Waals surface area contributed by atoms with Crippen molar-refractivity contribution in [1.82, 2.24) is 10.6 Å². The summed E-state index contributed by atoms with van der Waals surface area (Å²) >= 11 is 0. The first-order chi connectivity index (χ1) is 19.7. The molecule has 2 N–H and O–H groups in total. The van der Waals surface area contributed by atoms with E-state index in [1.54, 1.807) is 0 Å². The van der Waals surface area contributed by atoms with Crippen LogP contribution in [0, 0.1) is 0 Å². The molecule has 0 fully saturated rings. The Kier molecular flexibility index (Phi) is 24.3. The minimum absolute atomic E-state index is 0.0146. The fraction of sp³-hybridized carbons (Fsp3) is 0.722. The van der Waals surface area contributed by atoms with Crippen molar-refractivity contribution in [3.63, 3.8) is 0 Å². The van der Waals surface area contributed by atoms with E-state index in [9.17, 15) is 9.59 Å². The molecule has 0 unspecified atom stereocenters. The quantitative estimate of drug-likeness (QED) is 0.0800. The van der Waals surface area contributed by atoms with Gasteiger partial charge in [-0.05, 0) is 31.2 Å². The van der Waals surface area contributed by atoms with Gasteiger partial charge in [0.05, 0.1) is 0 Å². The number of carbonyl (C=O) groups is 2. The third-order valence-electron chi connectivity index (χ3n) is 7.83. The van der Waals surface area contributed by atoms with Gasteiger partial charge < -0.3 is 10.6 Å². The second-order valence-electron chi connectivity index (χ2n) is 11.6. The first-order valence-electron chi connectivity index (χ1n) is 16.9. The van der Waals surface area contributed by atoms with E-state index in [1.165, 1.54) is 96.3 Å². The molecule has 4 nitrogen and oxygen atoms in total. The molecule has 0 saturated heterocycles. The summed E-state index contributed by atoms with van der Waals surface area (Å²) in [6.07, 6.45) is 29.4. The fourth-order valence-electron chi connectivity index (χ4n) is 5.26. The predicted octanol–water partition coefficient (Wildman–Crippen LogP) is 9.62. The molecule has 1 aromatic rings. The summed E-state index contributed by atoms with van der Waals surface area (Å²) in [5, 5.41) is 6.12. The van der Waals surface area contributed by atoms with E-state index in [0.29, 0.717) is 19.4 Å². The van der Waals surface area contributed by atoms with Gasteiger partial charge in [0.25, 0.3) is 0 Å². The highest BCUT2D eigenvalue weighted by atomic mass is 16.2. The lowest BCUT2D eigenvalue weighted by atomic mass is 10.0. The molecule has 0 aromatic heterocycles. The topological polar surface area (TPSA) is 58.2 Å². The molecule has 2 amide bonds. The number of amides is 2. The van der Waals surface area contributed by atoms with Crippen molar-refractivity contribution in [3.05, 3.63) is 48.6 Å². The highest BCUT2D eigenvalue weighted by molar-refractivity contribution is 5.87. The lowest BCUT2D eigenvalue weighted by molar-refractivity contribution is -0.129. The zero-order valence-corrected chi connectivity index (χ0v) is 26.0. The van der Waals surface area contributed by atoms with Gasteiger partial charge in [0.15, 0.2) is 0 Å². The predicted molar refractivity (Wildman–Crippen MR) is 173 cm³/mol. The molecule has 40 heavy (non-hydrogen) atoms. The maximum Gasteiger partial charge on any atom is 0.242 e. The molecule has 0 heterocycles. The Labute approximate surface area is 247 Å². The van der Waals surface area contributed by atoms with Crippen LogP contribution in [0.25, 0.3) is 0 Å². The average Bonchev–Trinajstić information content (AvgIpc) is 2.96. The van der Waals surface area contributed by atoms with Crippen LogP contribution in [0.1, 0.15) is 154 Å². The molecule has 0 spiro atoms. The van der Waals surface area contributed by atoms with E-state index in [2.05, 4.69) is 24.1 Å². The van der Waals surface area contributed by atoms with E-state index in [0.717, 1.165) is 44.1 Å². The molecule has 0 aliphatic heterocycles. The normalized spacial score (nSPS) is 11.7. The Morgan fingerprint density at radius 2 is 1.20 bits per heavy atom. The summed E-state index contributed by atoms with van der Waals surface area (Å²) in [6, 6.07) is 9.47. The van der Waals surface area contributed by atoms with Crippen molar-refractivity contribution in [1.29, 1.82) is 0 Å². The summed E-state index contributed by atoms with van der Waals surface area (Å²) in [4.78, 5) is 25.6. The first-order valence-corrected chi connectivity index (χ1v) is 16.9. The van der Waals surface area contributed by atoms with Crippen LogP contribution in [-0.2, 0) is 16.0 Å². The SMILES string of the molecule is C=CCCCCCCCCC(=O)N[C@@H](Cc1ccccc1)C(=O)NCCCCCCCCCCCCCCCC. The molecule has 1 aromatic carbocycles. The summed E-state index contributed by atoms with van der Waals surface area (Å²) in [7, 11) is 0. The maximum absolute atomic E-state index is 13.0. The van der Waals surface area contributed by atoms with Gasteiger partial charge in [-0.2, -0.15) is 0 Å². The van der Waals surface area contributed by atoms with E-state index >= 15 is 0 Å². The van der Waals surface area contributed by atoms with Crippen molar-refractivity contribution in [2.45, 2.75) is 161 Å². The van der Waals surface area contributed by atoms with E-state index in [4.69, 9.17) is 0 Å². The number of unbranched alkanes of at least 4 members (excludes halogenated alkanes) is 19. The third-order valence-corrected chi connectivity index (χ3v) is 7.83. The van der Waals surface area contributed by atoms with Gasteiger partial charge in [-0.3, -0.25) is 9.59 Å². The summed E-state index contributed by atoms with van der Waals surface area (Å²) in [5.74, 6) is -0.0756. The molecule has 1 rings (SSSR count). The van der Waals surface area contributed by atoms with Crippen LogP contribution >= 0.6 is 0 Å². The molecule has 0 radical (unpaired) electrons. The van der Waals surface area contributed by atoms with Crippen molar-refractivity contribution >= 4 is 11.8 Å². The molecular formula is C36H62N2O2. The first kappa shape index (κ1) is 35.9.